The number of piperazine rings is 2. The normalized spacial score (nSPS) is 23.7. The van der Waals surface area contributed by atoms with Crippen molar-refractivity contribution in [3.63, 3.8) is 0 Å². The number of aliphatic hydroxyl groups is 1. The third kappa shape index (κ3) is 5.68. The fourth-order valence-electron chi connectivity index (χ4n) is 6.25. The van der Waals surface area contributed by atoms with Crippen LogP contribution in [0.2, 0.25) is 10.0 Å². The van der Waals surface area contributed by atoms with Gasteiger partial charge < -0.3 is 14.9 Å². The molecule has 2 aliphatic heterocycles. The Bertz CT molecular complexity index is 1150. The van der Waals surface area contributed by atoms with E-state index >= 15 is 0 Å². The van der Waals surface area contributed by atoms with Crippen LogP contribution >= 0.6 is 23.2 Å². The number of carbonyl (C=O) groups is 1. The van der Waals surface area contributed by atoms with E-state index in [0.29, 0.717) is 42.1 Å². The van der Waals surface area contributed by atoms with Crippen LogP contribution in [0.1, 0.15) is 62.0 Å². The number of benzene rings is 1. The highest BCUT2D eigenvalue weighted by molar-refractivity contribution is 6.42. The lowest BCUT2D eigenvalue weighted by molar-refractivity contribution is -0.133. The third-order valence-corrected chi connectivity index (χ3v) is 9.28. The first-order valence-corrected chi connectivity index (χ1v) is 14.6. The summed E-state index contributed by atoms with van der Waals surface area (Å²) in [6.45, 7) is 14.1. The Morgan fingerprint density at radius 1 is 1.03 bits per heavy atom. The van der Waals surface area contributed by atoms with Crippen LogP contribution in [0, 0.1) is 0 Å². The predicted octanol–water partition coefficient (Wildman–Crippen LogP) is 4.39. The molecule has 1 aromatic heterocycles. The van der Waals surface area contributed by atoms with Gasteiger partial charge in [-0.05, 0) is 49.9 Å². The lowest BCUT2D eigenvalue weighted by atomic mass is 9.95. The molecule has 1 N–H and O–H groups in total. The van der Waals surface area contributed by atoms with Gasteiger partial charge in [0.2, 0.25) is 5.91 Å². The number of hydrogen-bond donors (Lipinski definition) is 1. The average Bonchev–Trinajstić information content (AvgIpc) is 3.22. The summed E-state index contributed by atoms with van der Waals surface area (Å²) in [7, 11) is 0. The molecule has 0 spiro atoms. The Balaban J connectivity index is 1.30. The van der Waals surface area contributed by atoms with Crippen molar-refractivity contribution in [3.05, 3.63) is 57.3 Å². The fourth-order valence-corrected chi connectivity index (χ4v) is 6.56. The maximum atomic E-state index is 14.0. The summed E-state index contributed by atoms with van der Waals surface area (Å²) in [4.78, 5) is 27.7. The number of aliphatic hydroxyl groups excluding tert-OH is 1. The second-order valence-corrected chi connectivity index (χ2v) is 12.1. The van der Waals surface area contributed by atoms with E-state index in [1.165, 1.54) is 0 Å². The maximum Gasteiger partial charge on any atom is 0.231 e. The molecule has 3 aliphatic rings. The molecule has 1 aliphatic carbocycles. The summed E-state index contributed by atoms with van der Waals surface area (Å²) in [5.41, 5.74) is 4.04. The Kier molecular flexibility index (Phi) is 8.51. The summed E-state index contributed by atoms with van der Waals surface area (Å²) >= 11 is 12.6. The molecule has 0 unspecified atom stereocenters. The topological polar surface area (TPSA) is 63.2 Å². The van der Waals surface area contributed by atoms with Gasteiger partial charge in [-0.3, -0.25) is 19.6 Å². The number of anilines is 1. The molecule has 0 saturated carbocycles. The summed E-state index contributed by atoms with van der Waals surface area (Å²) in [5.74, 6) is 0.138. The Labute approximate surface area is 236 Å². The van der Waals surface area contributed by atoms with E-state index in [1.807, 2.05) is 17.0 Å². The van der Waals surface area contributed by atoms with Crippen LogP contribution < -0.4 is 4.90 Å². The van der Waals surface area contributed by atoms with Crippen LogP contribution in [0.15, 0.2) is 30.5 Å². The van der Waals surface area contributed by atoms with E-state index in [0.717, 1.165) is 61.8 Å². The number of fused-ring (bicyclic) bond motifs is 1. The predicted molar refractivity (Wildman–Crippen MR) is 153 cm³/mol. The second-order valence-electron chi connectivity index (χ2n) is 11.3. The largest absolute Gasteiger partial charge is 0.387 e. The molecule has 0 bridgehead atoms. The standard InChI is InChI=1S/C29H39Cl2N5O2/c1-19(2)34-10-8-33(9-11-34)18-22(21-4-5-23(30)24(31)17-21)29(38)36-14-12-35(13-15-36)25-6-7-32-28-26(37)16-20(3)27(25)28/h4-7,17,19-20,22,26,37H,8-16,18H2,1-3H3/t20-,22-,26-/m1/s1. The molecule has 38 heavy (non-hydrogen) atoms. The molecule has 5 rings (SSSR count). The van der Waals surface area contributed by atoms with Crippen molar-refractivity contribution >= 4 is 34.8 Å². The lowest BCUT2D eigenvalue weighted by Crippen LogP contribution is -2.53. The van der Waals surface area contributed by atoms with E-state index < -0.39 is 6.10 Å². The first-order chi connectivity index (χ1) is 18.2. The molecule has 2 aromatic rings. The second kappa shape index (κ2) is 11.7. The summed E-state index contributed by atoms with van der Waals surface area (Å²) < 4.78 is 0. The van der Waals surface area contributed by atoms with Crippen molar-refractivity contribution < 1.29 is 9.90 Å². The van der Waals surface area contributed by atoms with Gasteiger partial charge in [-0.25, -0.2) is 0 Å². The van der Waals surface area contributed by atoms with Crippen molar-refractivity contribution in [1.29, 1.82) is 0 Å². The van der Waals surface area contributed by atoms with Crippen molar-refractivity contribution in [2.75, 3.05) is 63.8 Å². The SMILES string of the molecule is CC(C)N1CCN(C[C@@H](C(=O)N2CCN(c3ccnc4c3[C@H](C)C[C@H]4O)CC2)c2ccc(Cl)c(Cl)c2)CC1. The Morgan fingerprint density at radius 2 is 1.74 bits per heavy atom. The van der Waals surface area contributed by atoms with Crippen molar-refractivity contribution in [2.24, 2.45) is 0 Å². The molecule has 2 fully saturated rings. The number of carbonyl (C=O) groups excluding carboxylic acids is 1. The monoisotopic (exact) mass is 559 g/mol. The molecule has 2 saturated heterocycles. The number of rotatable bonds is 6. The number of pyridine rings is 1. The number of amides is 1. The summed E-state index contributed by atoms with van der Waals surface area (Å²) in [6, 6.07) is 8.20. The van der Waals surface area contributed by atoms with Crippen LogP contribution in [0.4, 0.5) is 5.69 Å². The smallest absolute Gasteiger partial charge is 0.231 e. The molecule has 7 nitrogen and oxygen atoms in total. The highest BCUT2D eigenvalue weighted by Gasteiger charge is 2.35. The van der Waals surface area contributed by atoms with Crippen LogP contribution in [0.3, 0.4) is 0 Å². The molecule has 206 valence electrons. The number of nitrogens with zero attached hydrogens (tertiary/aromatic N) is 5. The van der Waals surface area contributed by atoms with Crippen molar-refractivity contribution in [1.82, 2.24) is 19.7 Å². The molecular weight excluding hydrogens is 521 g/mol. The number of halogens is 2. The minimum Gasteiger partial charge on any atom is -0.387 e. The molecule has 3 heterocycles. The van der Waals surface area contributed by atoms with Crippen LogP contribution in [-0.2, 0) is 4.79 Å². The van der Waals surface area contributed by atoms with Crippen molar-refractivity contribution in [2.45, 2.75) is 51.2 Å². The molecule has 0 radical (unpaired) electrons. The zero-order valence-electron chi connectivity index (χ0n) is 22.6. The van der Waals surface area contributed by atoms with Crippen LogP contribution in [0.25, 0.3) is 0 Å². The Hall–Kier alpha value is -1.90. The van der Waals surface area contributed by atoms with Gasteiger partial charge in [0.25, 0.3) is 0 Å². The molecule has 3 atom stereocenters. The lowest BCUT2D eigenvalue weighted by Gasteiger charge is -2.41. The van der Waals surface area contributed by atoms with Gasteiger partial charge in [0.1, 0.15) is 0 Å². The first kappa shape index (κ1) is 27.7. The van der Waals surface area contributed by atoms with Crippen LogP contribution in [-0.4, -0.2) is 95.6 Å². The highest BCUT2D eigenvalue weighted by Crippen LogP contribution is 2.43. The van der Waals surface area contributed by atoms with Gasteiger partial charge in [0, 0.05) is 82.4 Å². The zero-order valence-corrected chi connectivity index (χ0v) is 24.1. The number of hydrogen-bond acceptors (Lipinski definition) is 6. The van der Waals surface area contributed by atoms with E-state index in [-0.39, 0.29) is 17.7 Å². The van der Waals surface area contributed by atoms with E-state index in [4.69, 9.17) is 23.2 Å². The quantitative estimate of drug-likeness (QED) is 0.566. The van der Waals surface area contributed by atoms with E-state index in [9.17, 15) is 9.90 Å². The van der Waals surface area contributed by atoms with Gasteiger partial charge >= 0.3 is 0 Å². The van der Waals surface area contributed by atoms with E-state index in [1.54, 1.807) is 12.3 Å². The van der Waals surface area contributed by atoms with Gasteiger partial charge in [0.15, 0.2) is 0 Å². The summed E-state index contributed by atoms with van der Waals surface area (Å²) in [5, 5.41) is 11.4. The first-order valence-electron chi connectivity index (χ1n) is 13.8. The van der Waals surface area contributed by atoms with Gasteiger partial charge in [-0.2, -0.15) is 0 Å². The Morgan fingerprint density at radius 3 is 2.39 bits per heavy atom. The van der Waals surface area contributed by atoms with Crippen molar-refractivity contribution in [3.8, 4) is 0 Å². The zero-order chi connectivity index (χ0) is 27.0. The van der Waals surface area contributed by atoms with Gasteiger partial charge in [-0.1, -0.05) is 36.2 Å². The van der Waals surface area contributed by atoms with E-state index in [2.05, 4.69) is 46.5 Å². The maximum absolute atomic E-state index is 14.0. The van der Waals surface area contributed by atoms with Crippen LogP contribution in [0.5, 0.6) is 0 Å². The number of aromatic nitrogens is 1. The minimum absolute atomic E-state index is 0.151. The third-order valence-electron chi connectivity index (χ3n) is 8.54. The molecule has 1 aromatic carbocycles. The van der Waals surface area contributed by atoms with Gasteiger partial charge in [0.05, 0.1) is 27.8 Å². The average molecular weight is 561 g/mol. The molecule has 1 amide bonds. The summed E-state index contributed by atoms with van der Waals surface area (Å²) in [6.07, 6.45) is 2.03. The molecule has 9 heteroatoms. The fraction of sp³-hybridized carbons (Fsp3) is 0.586. The highest BCUT2D eigenvalue weighted by atomic mass is 35.5. The van der Waals surface area contributed by atoms with Gasteiger partial charge in [-0.15, -0.1) is 0 Å². The minimum atomic E-state index is -0.489. The molecular formula is C29H39Cl2N5O2.